The molecule has 0 aromatic heterocycles. The molecule has 2 rings (SSSR count). The highest BCUT2D eigenvalue weighted by molar-refractivity contribution is 14.1. The smallest absolute Gasteiger partial charge is 0.333 e. The van der Waals surface area contributed by atoms with E-state index in [1.807, 2.05) is 30.4 Å². The lowest BCUT2D eigenvalue weighted by atomic mass is 10.0. The van der Waals surface area contributed by atoms with Crippen molar-refractivity contribution in [3.05, 3.63) is 62.2 Å². The van der Waals surface area contributed by atoms with E-state index in [9.17, 15) is 9.90 Å². The van der Waals surface area contributed by atoms with Gasteiger partial charge in [0.15, 0.2) is 6.10 Å². The fraction of sp³-hybridized carbons (Fsp3) is 0.318. The van der Waals surface area contributed by atoms with Crippen molar-refractivity contribution in [1.29, 1.82) is 0 Å². The van der Waals surface area contributed by atoms with Gasteiger partial charge >= 0.3 is 5.97 Å². The van der Waals surface area contributed by atoms with Crippen LogP contribution in [-0.2, 0) is 16.0 Å². The SMILES string of the molecule is CCO[C@@H](Cc1ccc(OCC=CC#CC2(I)C=CC=C(I)C2)c(Br)c1)C(=O)O. The van der Waals surface area contributed by atoms with E-state index in [4.69, 9.17) is 9.47 Å². The Hall–Kier alpha value is -0.830. The van der Waals surface area contributed by atoms with Crippen molar-refractivity contribution in [2.24, 2.45) is 0 Å². The van der Waals surface area contributed by atoms with E-state index in [-0.39, 0.29) is 3.42 Å². The van der Waals surface area contributed by atoms with Crippen LogP contribution in [0.2, 0.25) is 0 Å². The van der Waals surface area contributed by atoms with E-state index < -0.39 is 12.1 Å². The Morgan fingerprint density at radius 3 is 2.93 bits per heavy atom. The van der Waals surface area contributed by atoms with Gasteiger partial charge in [0.1, 0.15) is 15.8 Å². The number of hydrogen-bond donors (Lipinski definition) is 1. The minimum atomic E-state index is -0.961. The molecule has 0 heterocycles. The van der Waals surface area contributed by atoms with Crippen molar-refractivity contribution in [2.45, 2.75) is 29.3 Å². The van der Waals surface area contributed by atoms with Crippen molar-refractivity contribution >= 4 is 67.1 Å². The summed E-state index contributed by atoms with van der Waals surface area (Å²) >= 11 is 8.20. The molecule has 0 fully saturated rings. The van der Waals surface area contributed by atoms with Crippen LogP contribution in [0.5, 0.6) is 5.75 Å². The van der Waals surface area contributed by atoms with Gasteiger partial charge in [-0.15, -0.1) is 0 Å². The van der Waals surface area contributed by atoms with E-state index in [0.29, 0.717) is 25.4 Å². The number of carboxylic acids is 1. The Kier molecular flexibility index (Phi) is 10.2. The second-order valence-electron chi connectivity index (χ2n) is 6.25. The van der Waals surface area contributed by atoms with Crippen LogP contribution in [0.15, 0.2) is 56.6 Å². The second-order valence-corrected chi connectivity index (χ2v) is 10.4. The summed E-state index contributed by atoms with van der Waals surface area (Å²) in [4.78, 5) is 11.2. The van der Waals surface area contributed by atoms with Crippen LogP contribution in [-0.4, -0.2) is 33.8 Å². The molecule has 0 radical (unpaired) electrons. The molecule has 1 unspecified atom stereocenters. The zero-order valence-electron chi connectivity index (χ0n) is 15.8. The van der Waals surface area contributed by atoms with Gasteiger partial charge in [0.2, 0.25) is 0 Å². The maximum absolute atomic E-state index is 11.2. The molecule has 0 spiro atoms. The van der Waals surface area contributed by atoms with Crippen LogP contribution in [0.25, 0.3) is 0 Å². The number of hydrogen-bond acceptors (Lipinski definition) is 3. The molecule has 1 aliphatic carbocycles. The molecule has 0 saturated carbocycles. The summed E-state index contributed by atoms with van der Waals surface area (Å²) in [6.07, 6.45) is 10.3. The van der Waals surface area contributed by atoms with Crippen molar-refractivity contribution in [1.82, 2.24) is 0 Å². The molecule has 0 saturated heterocycles. The fourth-order valence-corrected chi connectivity index (χ4v) is 5.44. The molecule has 1 aromatic carbocycles. The quantitative estimate of drug-likeness (QED) is 0.212. The Balaban J connectivity index is 1.88. The maximum Gasteiger partial charge on any atom is 0.333 e. The number of carbonyl (C=O) groups is 1. The molecule has 7 heteroatoms. The molecule has 1 aromatic rings. The minimum Gasteiger partial charge on any atom is -0.488 e. The molecule has 154 valence electrons. The molecular weight excluding hydrogens is 662 g/mol. The first-order chi connectivity index (χ1) is 13.8. The van der Waals surface area contributed by atoms with Crippen molar-refractivity contribution in [2.75, 3.05) is 13.2 Å². The van der Waals surface area contributed by atoms with E-state index in [2.05, 4.69) is 85.1 Å². The van der Waals surface area contributed by atoms with Gasteiger partial charge in [-0.2, -0.15) is 0 Å². The number of allylic oxidation sites excluding steroid dienone is 5. The van der Waals surface area contributed by atoms with Gasteiger partial charge in [-0.25, -0.2) is 4.79 Å². The number of ether oxygens (including phenoxy) is 2. The van der Waals surface area contributed by atoms with Crippen molar-refractivity contribution in [3.8, 4) is 17.6 Å². The lowest BCUT2D eigenvalue weighted by molar-refractivity contribution is -0.149. The summed E-state index contributed by atoms with van der Waals surface area (Å²) in [5, 5.41) is 9.20. The summed E-state index contributed by atoms with van der Waals surface area (Å²) in [6.45, 7) is 2.54. The Bertz CT molecular complexity index is 883. The van der Waals surface area contributed by atoms with Crippen molar-refractivity contribution < 1.29 is 19.4 Å². The summed E-state index contributed by atoms with van der Waals surface area (Å²) < 4.78 is 12.9. The normalized spacial score (nSPS) is 19.4. The Morgan fingerprint density at radius 1 is 1.48 bits per heavy atom. The van der Waals surface area contributed by atoms with Gasteiger partial charge in [0.25, 0.3) is 0 Å². The second kappa shape index (κ2) is 12.1. The summed E-state index contributed by atoms with van der Waals surface area (Å²) in [5.74, 6) is 6.09. The fourth-order valence-electron chi connectivity index (χ4n) is 2.58. The summed E-state index contributed by atoms with van der Waals surface area (Å²) in [7, 11) is 0. The van der Waals surface area contributed by atoms with Gasteiger partial charge in [0, 0.05) is 19.4 Å². The van der Waals surface area contributed by atoms with Crippen LogP contribution in [0.1, 0.15) is 18.9 Å². The van der Waals surface area contributed by atoms with Crippen LogP contribution in [0.3, 0.4) is 0 Å². The minimum absolute atomic E-state index is 0.150. The van der Waals surface area contributed by atoms with Crippen LogP contribution in [0.4, 0.5) is 0 Å². The summed E-state index contributed by atoms with van der Waals surface area (Å²) in [6, 6.07) is 5.53. The number of rotatable bonds is 8. The highest BCUT2D eigenvalue weighted by Crippen LogP contribution is 2.34. The zero-order valence-corrected chi connectivity index (χ0v) is 21.7. The molecule has 4 nitrogen and oxygen atoms in total. The number of carboxylic acid groups (broad SMARTS) is 1. The predicted octanol–water partition coefficient (Wildman–Crippen LogP) is 5.87. The highest BCUT2D eigenvalue weighted by atomic mass is 127. The molecule has 29 heavy (non-hydrogen) atoms. The molecular formula is C22H21BrI2O4. The van der Waals surface area contributed by atoms with Gasteiger partial charge in [-0.1, -0.05) is 58.7 Å². The molecule has 1 aliphatic rings. The van der Waals surface area contributed by atoms with Crippen LogP contribution < -0.4 is 4.74 Å². The molecule has 2 atom stereocenters. The first kappa shape index (κ1) is 24.4. The van der Waals surface area contributed by atoms with Crippen molar-refractivity contribution in [3.63, 3.8) is 0 Å². The standard InChI is InChI=1S/C22H21BrI2O4/c1-2-28-20(21(26)27)14-16-8-9-19(18(23)13-16)29-12-5-3-4-10-22(25)11-6-7-17(24)15-22/h3,5-9,11,13,20H,2,12,14-15H2,1H3,(H,26,27)/t20-,22?/m0/s1. The predicted molar refractivity (Wildman–Crippen MR) is 136 cm³/mol. The number of aliphatic carboxylic acids is 1. The van der Waals surface area contributed by atoms with Gasteiger partial charge in [-0.05, 0) is 78.9 Å². The first-order valence-electron chi connectivity index (χ1n) is 8.99. The maximum atomic E-state index is 11.2. The third kappa shape index (κ3) is 8.44. The third-order valence-corrected chi connectivity index (χ3v) is 6.31. The van der Waals surface area contributed by atoms with Gasteiger partial charge in [0.05, 0.1) is 4.47 Å². The average molecular weight is 683 g/mol. The van der Waals surface area contributed by atoms with E-state index in [0.717, 1.165) is 16.5 Å². The third-order valence-electron chi connectivity index (χ3n) is 3.94. The topological polar surface area (TPSA) is 55.8 Å². The average Bonchev–Trinajstić information content (AvgIpc) is 2.65. The monoisotopic (exact) mass is 682 g/mol. The van der Waals surface area contributed by atoms with E-state index in [1.165, 1.54) is 3.58 Å². The summed E-state index contributed by atoms with van der Waals surface area (Å²) in [5.41, 5.74) is 0.864. The molecule has 0 amide bonds. The van der Waals surface area contributed by atoms with Gasteiger partial charge in [-0.3, -0.25) is 0 Å². The lowest BCUT2D eigenvalue weighted by Gasteiger charge is -2.19. The number of benzene rings is 1. The first-order valence-corrected chi connectivity index (χ1v) is 11.9. The molecule has 0 aliphatic heterocycles. The Morgan fingerprint density at radius 2 is 2.28 bits per heavy atom. The van der Waals surface area contributed by atoms with Crippen LogP contribution >= 0.6 is 61.1 Å². The van der Waals surface area contributed by atoms with Gasteiger partial charge < -0.3 is 14.6 Å². The largest absolute Gasteiger partial charge is 0.488 e. The zero-order chi connectivity index (χ0) is 21.3. The van der Waals surface area contributed by atoms with Crippen LogP contribution in [0, 0.1) is 11.8 Å². The van der Waals surface area contributed by atoms with E-state index in [1.54, 1.807) is 13.0 Å². The number of halogens is 3. The highest BCUT2D eigenvalue weighted by Gasteiger charge is 2.23. The lowest BCUT2D eigenvalue weighted by Crippen LogP contribution is -2.26. The van der Waals surface area contributed by atoms with E-state index >= 15 is 0 Å². The molecule has 1 N–H and O–H groups in total. The Labute approximate surface area is 207 Å². The molecule has 0 bridgehead atoms. The number of alkyl halides is 1.